The van der Waals surface area contributed by atoms with Gasteiger partial charge in [0.15, 0.2) is 22.6 Å². The van der Waals surface area contributed by atoms with E-state index in [1.165, 1.54) is 53.5 Å². The molecule has 16 unspecified atom stereocenters. The Kier molecular flexibility index (Phi) is 40.1. The molecule has 748 valence electrons. The number of hydrogen-bond donors (Lipinski definition) is 9. The monoisotopic (exact) mass is 2150 g/mol. The molecule has 6 aromatic heterocycles. The second kappa shape index (κ2) is 47.4. The number of imidazole rings is 2. The Morgan fingerprint density at radius 2 is 0.754 bits per heavy atom. The number of rotatable bonds is 44. The van der Waals surface area contributed by atoms with E-state index in [2.05, 4.69) is 128 Å². The summed E-state index contributed by atoms with van der Waals surface area (Å²) in [6.07, 6.45) is -7.22. The Bertz CT molecular complexity index is 6280. The van der Waals surface area contributed by atoms with Gasteiger partial charge in [0.1, 0.15) is 93.9 Å². The van der Waals surface area contributed by atoms with E-state index in [0.29, 0.717) is 0 Å². The Morgan fingerprint density at radius 1 is 0.433 bits per heavy atom. The molecular formula is C43H57N27O52P12-12. The van der Waals surface area contributed by atoms with E-state index in [-0.39, 0.29) is 71.2 Å². The van der Waals surface area contributed by atoms with Gasteiger partial charge in [-0.2, -0.15) is 9.97 Å². The number of nitrogen functional groups attached to an aromatic ring is 3. The van der Waals surface area contributed by atoms with Crippen LogP contribution in [0, 0.1) is 6.92 Å². The van der Waals surface area contributed by atoms with Crippen molar-refractivity contribution in [2.45, 2.75) is 106 Å². The summed E-state index contributed by atoms with van der Waals surface area (Å²) in [6, 6.07) is 1.28. The van der Waals surface area contributed by atoms with Gasteiger partial charge >= 0.3 is 11.4 Å². The first kappa shape index (κ1) is 113. The van der Waals surface area contributed by atoms with Crippen LogP contribution >= 0.6 is 93.9 Å². The lowest BCUT2D eigenvalue weighted by molar-refractivity contribution is -0.254. The lowest BCUT2D eigenvalue weighted by atomic mass is 10.2. The molecule has 0 aliphatic carbocycles. The van der Waals surface area contributed by atoms with E-state index in [9.17, 15) is 133 Å². The zero-order valence-electron chi connectivity index (χ0n) is 65.2. The summed E-state index contributed by atoms with van der Waals surface area (Å²) < 4.78 is 227. The number of anilines is 3. The van der Waals surface area contributed by atoms with Crippen LogP contribution in [0.25, 0.3) is 64.1 Å². The smallest absolute Gasteiger partial charge is 0.351 e. The van der Waals surface area contributed by atoms with Gasteiger partial charge in [0, 0.05) is 63.3 Å². The fourth-order valence-corrected chi connectivity index (χ4v) is 22.5. The van der Waals surface area contributed by atoms with Gasteiger partial charge in [-0.3, -0.25) is 92.6 Å². The summed E-state index contributed by atoms with van der Waals surface area (Å²) in [5, 5.41) is 12.6. The lowest BCUT2D eigenvalue weighted by Gasteiger charge is -2.33. The van der Waals surface area contributed by atoms with Gasteiger partial charge in [0.2, 0.25) is 5.95 Å². The Labute approximate surface area is 736 Å². The summed E-state index contributed by atoms with van der Waals surface area (Å²) in [4.78, 5) is 253. The number of aryl methyl sites for hydroxylation is 1. The second-order valence-electron chi connectivity index (χ2n) is 24.9. The van der Waals surface area contributed by atoms with E-state index >= 15 is 0 Å². The molecule has 10 heterocycles. The van der Waals surface area contributed by atoms with Crippen molar-refractivity contribution in [3.05, 3.63) is 126 Å². The van der Waals surface area contributed by atoms with Gasteiger partial charge in [-0.05, 0) is 35.1 Å². The molecule has 0 radical (unpaired) electrons. The Morgan fingerprint density at radius 3 is 1.08 bits per heavy atom. The predicted octanol–water partition coefficient (Wildman–Crippen LogP) is -6.67. The van der Waals surface area contributed by atoms with Crippen LogP contribution in [0.2, 0.25) is 0 Å². The molecule has 0 saturated carbocycles. The summed E-state index contributed by atoms with van der Waals surface area (Å²) in [5.74, 6) is -0.200. The molecule has 24 atom stereocenters. The molecule has 10 rings (SSSR count). The van der Waals surface area contributed by atoms with Crippen molar-refractivity contribution in [3.8, 4) is 0 Å². The van der Waals surface area contributed by atoms with E-state index in [1.54, 1.807) is 0 Å². The molecule has 0 spiro atoms. The van der Waals surface area contributed by atoms with Crippen LogP contribution in [0.4, 0.5) is 17.6 Å². The number of fused-ring (bicyclic) bond motifs is 2. The highest BCUT2D eigenvalue weighted by atomic mass is 31.3. The fraction of sp³-hybridized carbons (Fsp3) is 0.581. The van der Waals surface area contributed by atoms with E-state index < -0.39 is 243 Å². The third-order valence-corrected chi connectivity index (χ3v) is 30.4. The number of phosphoric ester groups is 4. The van der Waals surface area contributed by atoms with Crippen LogP contribution < -0.4 is 98.4 Å². The molecule has 4 aliphatic heterocycles. The highest BCUT2D eigenvalue weighted by Gasteiger charge is 2.44. The van der Waals surface area contributed by atoms with E-state index in [1.807, 2.05) is 4.98 Å². The molecule has 79 nitrogen and oxygen atoms in total. The molecular weight excluding hydrogens is 2100 g/mol. The molecule has 6 aromatic rings. The van der Waals surface area contributed by atoms with Crippen molar-refractivity contribution in [2.75, 3.05) is 70.6 Å². The summed E-state index contributed by atoms with van der Waals surface area (Å²) in [6.45, 7) is -4.32. The Balaban J connectivity index is 0.000000244. The number of aromatic nitrogens is 12. The maximum Gasteiger partial charge on any atom is 0.351 e. The van der Waals surface area contributed by atoms with Crippen molar-refractivity contribution < 1.29 is 224 Å². The number of azide groups is 4. The van der Waals surface area contributed by atoms with Crippen molar-refractivity contribution >= 4 is 134 Å². The van der Waals surface area contributed by atoms with Gasteiger partial charge < -0.3 is 151 Å². The lowest BCUT2D eigenvalue weighted by Crippen LogP contribution is -2.33. The zero-order valence-corrected chi connectivity index (χ0v) is 75.9. The average Bonchev–Trinajstić information content (AvgIpc) is 1.63. The summed E-state index contributed by atoms with van der Waals surface area (Å²) in [7, 11) is -70.9. The van der Waals surface area contributed by atoms with Gasteiger partial charge in [-0.15, -0.1) is 0 Å². The molecule has 0 aromatic carbocycles. The first-order valence-corrected chi connectivity index (χ1v) is 51.9. The summed E-state index contributed by atoms with van der Waals surface area (Å²) >= 11 is 0. The van der Waals surface area contributed by atoms with Gasteiger partial charge in [0.05, 0.1) is 63.5 Å². The molecule has 91 heteroatoms. The first-order valence-electron chi connectivity index (χ1n) is 34.2. The topological polar surface area (TPSA) is 1220 Å². The van der Waals surface area contributed by atoms with E-state index in [4.69, 9.17) is 96.8 Å². The SMILES string of the molecule is Cc1cn([C@H]2CC(OCN=[N+]=[N-])[C@@H](COP(=O)([O-])OP(=O)([O-])OP(=O)([O-])O)O2)c(=O)[nH]c1=O.[N-]=[N+]=NCOC1C[C@H](n2ccc(N)nc2=O)O[C@@H]1COP(=O)([O-])OP(=O)([O-])OP(=O)([O-])O.[N-]=[N+]=NCOC1C[C@H](n2cnc3c(=O)[nH]c(N)nc32)O[C@@H]1COP(=O)([O-])OP(=O)([O-])OP(=O)([O-])O.[N-]=[N+]=NCOC1C[C@H](n2cnc3c(N)ncnc32)O[C@@H]1COP(=O)([O-])OP(=O)([O-])OP(=O)([O-])O. The van der Waals surface area contributed by atoms with Crippen molar-refractivity contribution in [1.82, 2.24) is 58.1 Å². The van der Waals surface area contributed by atoms with Crippen LogP contribution in [0.15, 0.2) is 77.1 Å². The molecule has 0 amide bonds. The number of hydrogen-bond acceptors (Lipinski definition) is 61. The third-order valence-electron chi connectivity index (χ3n) is 15.6. The maximum atomic E-state index is 12.1. The minimum atomic E-state index is -6.09. The number of phosphoric acid groups is 12. The minimum Gasteiger partial charge on any atom is -0.756 e. The number of nitrogens with zero attached hydrogens (tertiary/aromatic N) is 22. The number of nitrogens with two attached hydrogens (primary N) is 3. The zero-order chi connectivity index (χ0) is 100. The maximum absolute atomic E-state index is 12.1. The molecule has 12 N–H and O–H groups in total. The molecule has 134 heavy (non-hydrogen) atoms. The number of ether oxygens (including phenoxy) is 8. The number of nitrogens with one attached hydrogen (secondary N) is 2. The van der Waals surface area contributed by atoms with Crippen LogP contribution in [0.3, 0.4) is 0 Å². The largest absolute Gasteiger partial charge is 0.756 e. The first-order chi connectivity index (χ1) is 61.8. The average molecular weight is 2160 g/mol. The van der Waals surface area contributed by atoms with Gasteiger partial charge in [-0.25, -0.2) is 64.0 Å². The van der Waals surface area contributed by atoms with Gasteiger partial charge in [-0.1, -0.05) is 20.5 Å². The van der Waals surface area contributed by atoms with Crippen LogP contribution in [0.1, 0.15) is 56.2 Å². The highest BCUT2D eigenvalue weighted by molar-refractivity contribution is 7.67. The Hall–Kier alpha value is -7.58. The minimum absolute atomic E-state index is 0.0138. The number of aromatic amines is 2. The second-order valence-corrected chi connectivity index (χ2v) is 42.0. The standard InChI is InChI=1S/C11H17N8O13P3.C11H17N8O12P3.C11H18N5O14P3.C10H17N6O13P3/c12-11-16-9-8(10(20)17-11)14-3-19(9)7-1-5(28-4-15-18-13)6(30-7)2-29-34(24,25)32-35(26,27)31-33(21,22)23;12-10-9-11(15-3-14-10)19(4-16-9)8-1-6(27-5-17-18-13)7(29-8)2-28-33(23,24)31-34(25,26)30-32(20,21)22;1-6-3-16(11(18)14-10(6)17)9-2-7(26-5-13-15-12)8(28-9)4-27-32(22,23)30-33(24,25)29-31(19,20)21;11-8-1-2-16(10(17)14-8)9-3-6(25-5-13-15-12)7(27-9)4-26-31(21,22)29-32(23,24)28-30(18,19)20/h3,5-7H,1-2,4H2,(H,24,25)(H,26,27)(H2,21,22,23)(H3,12,16,17,20);3-4,6-8H,1-2,5H2,(H,23,24)(H,25,26)(H2,12,14,15)(H2,20,21,22);3,7-9H,2,4-5H2,1H3,(H,22,23)(H,24,25)(H,14,17,18)(H2,19,20,21);1-2,6-7,9H,3-5H2,(H,21,22)(H,23,24)(H2,11,14,17)(H2,18,19,20)/p-12/t5?,6-,7-;6?,7-,8-;7?,8-,9-;6?,7-,9-/m1111/s1. The van der Waals surface area contributed by atoms with E-state index in [0.717, 1.165) is 9.13 Å². The quantitative estimate of drug-likeness (QED) is 0.00743. The van der Waals surface area contributed by atoms with Crippen molar-refractivity contribution in [1.29, 1.82) is 0 Å². The summed E-state index contributed by atoms with van der Waals surface area (Å²) in [5.41, 5.74) is 47.8. The molecule has 0 bridgehead atoms. The molecule has 4 saturated heterocycles. The molecule has 4 aliphatic rings. The van der Waals surface area contributed by atoms with Crippen LogP contribution in [-0.4, -0.2) is 180 Å². The fourth-order valence-electron chi connectivity index (χ4n) is 10.9. The van der Waals surface area contributed by atoms with Crippen LogP contribution in [-0.2, 0) is 145 Å². The van der Waals surface area contributed by atoms with Crippen molar-refractivity contribution in [3.63, 3.8) is 0 Å². The highest BCUT2D eigenvalue weighted by Crippen LogP contribution is 2.65. The predicted molar refractivity (Wildman–Crippen MR) is 394 cm³/mol. The number of H-pyrrole nitrogens is 2. The van der Waals surface area contributed by atoms with Gasteiger partial charge in [0.25, 0.3) is 105 Å². The molecule has 4 fully saturated rings. The van der Waals surface area contributed by atoms with Crippen LogP contribution in [0.5, 0.6) is 0 Å². The normalized spacial score (nSPS) is 25.9. The third kappa shape index (κ3) is 37.3. The van der Waals surface area contributed by atoms with Crippen molar-refractivity contribution in [2.24, 2.45) is 20.5 Å².